The van der Waals surface area contributed by atoms with Crippen LogP contribution in [0.3, 0.4) is 0 Å². The molecule has 0 aromatic carbocycles. The van der Waals surface area contributed by atoms with Crippen molar-refractivity contribution < 1.29 is 14.3 Å². The highest BCUT2D eigenvalue weighted by molar-refractivity contribution is 5.56. The van der Waals surface area contributed by atoms with Crippen LogP contribution in [-0.2, 0) is 4.79 Å². The summed E-state index contributed by atoms with van der Waals surface area (Å²) < 4.78 is 12.3. The molecule has 0 fully saturated rings. The number of halogens is 1. The van der Waals surface area contributed by atoms with Crippen LogP contribution in [0.2, 0.25) is 0 Å². The van der Waals surface area contributed by atoms with Crippen LogP contribution in [0.5, 0.6) is 0 Å². The molecule has 0 unspecified atom stereocenters. The number of aliphatic hydroxyl groups is 1. The van der Waals surface area contributed by atoms with E-state index >= 15 is 0 Å². The van der Waals surface area contributed by atoms with Gasteiger partial charge >= 0.3 is 0 Å². The second kappa shape index (κ2) is 4.39. The Balaban J connectivity index is 3.80. The lowest BCUT2D eigenvalue weighted by Gasteiger charge is -2.16. The maximum absolute atomic E-state index is 12.3. The topological polar surface area (TPSA) is 37.3 Å². The van der Waals surface area contributed by atoms with E-state index < -0.39 is 12.3 Å². The average molecular weight is 148 g/mol. The van der Waals surface area contributed by atoms with E-state index in [4.69, 9.17) is 5.11 Å². The fourth-order valence-electron chi connectivity index (χ4n) is 0.636. The summed E-state index contributed by atoms with van der Waals surface area (Å²) in [6, 6.07) is 0. The van der Waals surface area contributed by atoms with Crippen LogP contribution in [0.1, 0.15) is 20.3 Å². The smallest absolute Gasteiger partial charge is 0.181 e. The molecule has 3 heteroatoms. The Kier molecular flexibility index (Phi) is 4.19. The molecule has 60 valence electrons. The van der Waals surface area contributed by atoms with Gasteiger partial charge in [0.25, 0.3) is 0 Å². The Morgan fingerprint density at radius 1 is 1.70 bits per heavy atom. The van der Waals surface area contributed by atoms with E-state index in [-0.39, 0.29) is 12.2 Å². The van der Waals surface area contributed by atoms with E-state index in [2.05, 4.69) is 0 Å². The van der Waals surface area contributed by atoms with Gasteiger partial charge in [0.2, 0.25) is 0 Å². The number of rotatable bonds is 4. The van der Waals surface area contributed by atoms with Gasteiger partial charge in [0.05, 0.1) is 6.10 Å². The van der Waals surface area contributed by atoms with Crippen molar-refractivity contribution in [2.45, 2.75) is 32.5 Å². The number of carbonyl (C=O) groups is 1. The van der Waals surface area contributed by atoms with Gasteiger partial charge in [-0.05, 0) is 5.92 Å². The highest BCUT2D eigenvalue weighted by atomic mass is 19.1. The van der Waals surface area contributed by atoms with Crippen molar-refractivity contribution in [1.82, 2.24) is 0 Å². The standard InChI is InChI=1S/C7H13FO2/c1-3-5(2)7(10)6(8)4-9/h4-7,10H,3H2,1-2H3/t5-,6-,7+/m1/s1. The van der Waals surface area contributed by atoms with Gasteiger partial charge in [-0.2, -0.15) is 0 Å². The third-order valence-electron chi connectivity index (χ3n) is 1.68. The molecule has 10 heavy (non-hydrogen) atoms. The summed E-state index contributed by atoms with van der Waals surface area (Å²) >= 11 is 0. The third-order valence-corrected chi connectivity index (χ3v) is 1.68. The van der Waals surface area contributed by atoms with E-state index in [0.29, 0.717) is 6.42 Å². The molecule has 0 saturated carbocycles. The van der Waals surface area contributed by atoms with E-state index in [1.54, 1.807) is 6.92 Å². The summed E-state index contributed by atoms with van der Waals surface area (Å²) in [5.41, 5.74) is 0. The zero-order valence-corrected chi connectivity index (χ0v) is 6.25. The van der Waals surface area contributed by atoms with E-state index in [1.807, 2.05) is 6.92 Å². The molecule has 0 aromatic heterocycles. The minimum atomic E-state index is -1.73. The van der Waals surface area contributed by atoms with Gasteiger partial charge in [-0.25, -0.2) is 4.39 Å². The van der Waals surface area contributed by atoms with Crippen LogP contribution in [0.4, 0.5) is 4.39 Å². The minimum Gasteiger partial charge on any atom is -0.389 e. The van der Waals surface area contributed by atoms with Crippen molar-refractivity contribution in [3.05, 3.63) is 0 Å². The minimum absolute atomic E-state index is 0.136. The van der Waals surface area contributed by atoms with Crippen molar-refractivity contribution in [2.75, 3.05) is 0 Å². The summed E-state index contributed by atoms with van der Waals surface area (Å²) in [6.45, 7) is 3.55. The molecule has 0 aliphatic carbocycles. The van der Waals surface area contributed by atoms with Crippen LogP contribution < -0.4 is 0 Å². The Morgan fingerprint density at radius 3 is 2.50 bits per heavy atom. The monoisotopic (exact) mass is 148 g/mol. The number of alkyl halides is 1. The molecule has 0 aliphatic heterocycles. The van der Waals surface area contributed by atoms with E-state index in [1.165, 1.54) is 0 Å². The molecular weight excluding hydrogens is 135 g/mol. The van der Waals surface area contributed by atoms with Gasteiger partial charge in [-0.15, -0.1) is 0 Å². The maximum atomic E-state index is 12.3. The summed E-state index contributed by atoms with van der Waals surface area (Å²) in [6.07, 6.45) is -2.05. The van der Waals surface area contributed by atoms with Crippen molar-refractivity contribution in [1.29, 1.82) is 0 Å². The van der Waals surface area contributed by atoms with Gasteiger partial charge < -0.3 is 9.90 Å². The molecule has 0 saturated heterocycles. The Morgan fingerprint density at radius 2 is 2.20 bits per heavy atom. The van der Waals surface area contributed by atoms with E-state index in [9.17, 15) is 9.18 Å². The molecule has 0 rings (SSSR count). The summed E-state index contributed by atoms with van der Waals surface area (Å²) in [4.78, 5) is 9.83. The molecular formula is C7H13FO2. The predicted octanol–water partition coefficient (Wildman–Crippen LogP) is 0.930. The SMILES string of the molecule is CC[C@@H](C)[C@H](O)[C@H](F)C=O. The van der Waals surface area contributed by atoms with Crippen molar-refractivity contribution in [2.24, 2.45) is 5.92 Å². The first-order valence-electron chi connectivity index (χ1n) is 3.40. The molecule has 0 amide bonds. The lowest BCUT2D eigenvalue weighted by atomic mass is 9.99. The summed E-state index contributed by atoms with van der Waals surface area (Å²) in [5.74, 6) is -0.153. The summed E-state index contributed by atoms with van der Waals surface area (Å²) in [5, 5.41) is 8.98. The number of carbonyl (C=O) groups excluding carboxylic acids is 1. The first-order chi connectivity index (χ1) is 4.63. The van der Waals surface area contributed by atoms with Crippen LogP contribution in [0.25, 0.3) is 0 Å². The quantitative estimate of drug-likeness (QED) is 0.602. The van der Waals surface area contributed by atoms with Crippen LogP contribution in [0.15, 0.2) is 0 Å². The molecule has 3 atom stereocenters. The molecule has 0 bridgehead atoms. The lowest BCUT2D eigenvalue weighted by molar-refractivity contribution is -0.116. The van der Waals surface area contributed by atoms with Crippen molar-refractivity contribution in [3.8, 4) is 0 Å². The van der Waals surface area contributed by atoms with Gasteiger partial charge in [0.1, 0.15) is 0 Å². The fraction of sp³-hybridized carbons (Fsp3) is 0.857. The van der Waals surface area contributed by atoms with Gasteiger partial charge in [0.15, 0.2) is 12.5 Å². The van der Waals surface area contributed by atoms with Crippen LogP contribution in [0, 0.1) is 5.92 Å². The molecule has 0 spiro atoms. The second-order valence-electron chi connectivity index (χ2n) is 2.46. The number of aliphatic hydroxyl groups excluding tert-OH is 1. The summed E-state index contributed by atoms with van der Waals surface area (Å²) in [7, 11) is 0. The third kappa shape index (κ3) is 2.43. The van der Waals surface area contributed by atoms with Crippen molar-refractivity contribution in [3.63, 3.8) is 0 Å². The molecule has 0 heterocycles. The molecule has 2 nitrogen and oxygen atoms in total. The van der Waals surface area contributed by atoms with Gasteiger partial charge in [-0.3, -0.25) is 0 Å². The maximum Gasteiger partial charge on any atom is 0.181 e. The fourth-order valence-corrected chi connectivity index (χ4v) is 0.636. The Hall–Kier alpha value is -0.440. The first-order valence-corrected chi connectivity index (χ1v) is 3.40. The van der Waals surface area contributed by atoms with Gasteiger partial charge in [0, 0.05) is 0 Å². The van der Waals surface area contributed by atoms with E-state index in [0.717, 1.165) is 0 Å². The molecule has 1 N–H and O–H groups in total. The van der Waals surface area contributed by atoms with Crippen molar-refractivity contribution >= 4 is 6.29 Å². The highest BCUT2D eigenvalue weighted by Gasteiger charge is 2.22. The number of hydrogen-bond acceptors (Lipinski definition) is 2. The molecule has 0 radical (unpaired) electrons. The molecule has 0 aromatic rings. The second-order valence-corrected chi connectivity index (χ2v) is 2.46. The average Bonchev–Trinajstić information content (AvgIpc) is 2.00. The zero-order chi connectivity index (χ0) is 8.15. The largest absolute Gasteiger partial charge is 0.389 e. The van der Waals surface area contributed by atoms with Crippen LogP contribution in [-0.4, -0.2) is 23.7 Å². The Bertz CT molecular complexity index is 106. The highest BCUT2D eigenvalue weighted by Crippen LogP contribution is 2.11. The Labute approximate surface area is 60.1 Å². The number of hydrogen-bond donors (Lipinski definition) is 1. The molecule has 0 aliphatic rings. The lowest BCUT2D eigenvalue weighted by Crippen LogP contribution is -2.29. The normalized spacial score (nSPS) is 19.6. The van der Waals surface area contributed by atoms with Crippen LogP contribution >= 0.6 is 0 Å². The predicted molar refractivity (Wildman–Crippen MR) is 36.4 cm³/mol. The first kappa shape index (κ1) is 9.56. The zero-order valence-electron chi connectivity index (χ0n) is 6.25. The number of aldehydes is 1. The van der Waals surface area contributed by atoms with Gasteiger partial charge in [-0.1, -0.05) is 20.3 Å².